The normalized spacial score (nSPS) is 11.0. The number of aromatic hydroxyl groups is 1. The van der Waals surface area contributed by atoms with Gasteiger partial charge >= 0.3 is 5.63 Å². The van der Waals surface area contributed by atoms with E-state index in [1.807, 2.05) is 0 Å². The lowest BCUT2D eigenvalue weighted by Gasteiger charge is -2.13. The van der Waals surface area contributed by atoms with E-state index in [-0.39, 0.29) is 11.4 Å². The molecular formula is C19H16N2O4S. The maximum atomic E-state index is 12.0. The molecule has 0 atom stereocenters. The summed E-state index contributed by atoms with van der Waals surface area (Å²) in [5, 5.41) is 10.5. The Morgan fingerprint density at radius 1 is 1.19 bits per heavy atom. The second-order valence-corrected chi connectivity index (χ2v) is 6.08. The van der Waals surface area contributed by atoms with Crippen LogP contribution in [-0.4, -0.2) is 35.5 Å². The molecule has 0 aliphatic carbocycles. The molecule has 7 heteroatoms. The molecular weight excluding hydrogens is 352 g/mol. The Morgan fingerprint density at radius 2 is 1.92 bits per heavy atom. The first-order valence-electron chi connectivity index (χ1n) is 7.72. The summed E-state index contributed by atoms with van der Waals surface area (Å²) in [5.41, 5.74) is 0.707. The summed E-state index contributed by atoms with van der Waals surface area (Å²) in [7, 11) is 3.61. The largest absolute Gasteiger partial charge is 0.508 e. The van der Waals surface area contributed by atoms with Gasteiger partial charge < -0.3 is 19.2 Å². The fourth-order valence-electron chi connectivity index (χ4n) is 2.14. The van der Waals surface area contributed by atoms with Crippen molar-refractivity contribution in [3.05, 3.63) is 64.5 Å². The fraction of sp³-hybridized carbons (Fsp3) is 0.105. The van der Waals surface area contributed by atoms with Crippen molar-refractivity contribution >= 4 is 40.3 Å². The molecule has 26 heavy (non-hydrogen) atoms. The van der Waals surface area contributed by atoms with Crippen LogP contribution in [0.2, 0.25) is 0 Å². The van der Waals surface area contributed by atoms with Gasteiger partial charge in [-0.3, -0.25) is 0 Å². The van der Waals surface area contributed by atoms with Gasteiger partial charge in [-0.25, -0.2) is 9.79 Å². The minimum absolute atomic E-state index is 0.0351. The first-order chi connectivity index (χ1) is 12.4. The zero-order valence-corrected chi connectivity index (χ0v) is 15.0. The number of hydrogen-bond acceptors (Lipinski definition) is 6. The lowest BCUT2D eigenvalue weighted by Crippen LogP contribution is -2.24. The van der Waals surface area contributed by atoms with E-state index in [1.165, 1.54) is 12.1 Å². The minimum atomic E-state index is -0.573. The van der Waals surface area contributed by atoms with Crippen LogP contribution in [0.25, 0.3) is 11.0 Å². The summed E-state index contributed by atoms with van der Waals surface area (Å²) in [6, 6.07) is 13.3. The Hall–Kier alpha value is -3.19. The van der Waals surface area contributed by atoms with E-state index >= 15 is 0 Å². The lowest BCUT2D eigenvalue weighted by atomic mass is 10.2. The number of benzene rings is 2. The Balaban J connectivity index is 1.80. The van der Waals surface area contributed by atoms with E-state index in [0.29, 0.717) is 21.9 Å². The number of thiocarbonyl (C=S) groups is 1. The first kappa shape index (κ1) is 17.6. The zero-order chi connectivity index (χ0) is 18.7. The van der Waals surface area contributed by atoms with Gasteiger partial charge in [-0.2, -0.15) is 0 Å². The molecule has 0 aliphatic rings. The molecule has 0 spiro atoms. The molecule has 0 bridgehead atoms. The van der Waals surface area contributed by atoms with Crippen LogP contribution in [0, 0.1) is 0 Å². The summed E-state index contributed by atoms with van der Waals surface area (Å²) in [4.78, 5) is 17.9. The van der Waals surface area contributed by atoms with Gasteiger partial charge in [0, 0.05) is 31.8 Å². The van der Waals surface area contributed by atoms with E-state index in [0.717, 1.165) is 5.56 Å². The highest BCUT2D eigenvalue weighted by atomic mass is 32.1. The number of rotatable bonds is 3. The van der Waals surface area contributed by atoms with Gasteiger partial charge in [-0.05, 0) is 60.2 Å². The number of phenolic OH excluding ortho intramolecular Hbond substituents is 1. The van der Waals surface area contributed by atoms with Gasteiger partial charge in [0.15, 0.2) is 0 Å². The quantitative estimate of drug-likeness (QED) is 0.433. The third kappa shape index (κ3) is 4.07. The third-order valence-electron chi connectivity index (χ3n) is 3.50. The van der Waals surface area contributed by atoms with Crippen LogP contribution in [0.4, 0.5) is 5.69 Å². The number of phenols is 1. The first-order valence-corrected chi connectivity index (χ1v) is 8.13. The fourth-order valence-corrected chi connectivity index (χ4v) is 2.23. The van der Waals surface area contributed by atoms with Crippen molar-refractivity contribution in [3.8, 4) is 11.5 Å². The molecule has 3 aromatic rings. The van der Waals surface area contributed by atoms with Crippen molar-refractivity contribution in [1.82, 2.24) is 4.90 Å². The minimum Gasteiger partial charge on any atom is -0.508 e. The van der Waals surface area contributed by atoms with Crippen molar-refractivity contribution in [3.63, 3.8) is 0 Å². The molecule has 0 saturated carbocycles. The molecule has 0 aliphatic heterocycles. The maximum absolute atomic E-state index is 12.0. The number of aliphatic imine (C=N–C) groups is 1. The van der Waals surface area contributed by atoms with Crippen LogP contribution in [-0.2, 0) is 0 Å². The summed E-state index contributed by atoms with van der Waals surface area (Å²) < 4.78 is 10.7. The average Bonchev–Trinajstić information content (AvgIpc) is 2.61. The molecule has 0 saturated heterocycles. The molecule has 132 valence electrons. The van der Waals surface area contributed by atoms with Crippen LogP contribution < -0.4 is 10.4 Å². The molecule has 1 heterocycles. The monoisotopic (exact) mass is 368 g/mol. The topological polar surface area (TPSA) is 75.3 Å². The molecule has 0 unspecified atom stereocenters. The molecule has 0 amide bonds. The van der Waals surface area contributed by atoms with E-state index < -0.39 is 5.63 Å². The Morgan fingerprint density at radius 3 is 2.62 bits per heavy atom. The van der Waals surface area contributed by atoms with Crippen LogP contribution >= 0.6 is 12.2 Å². The van der Waals surface area contributed by atoms with Gasteiger partial charge in [0.25, 0.3) is 5.17 Å². The van der Waals surface area contributed by atoms with Gasteiger partial charge in [0.2, 0.25) is 0 Å². The van der Waals surface area contributed by atoms with Crippen LogP contribution in [0.15, 0.2) is 62.7 Å². The molecule has 1 aromatic heterocycles. The highest BCUT2D eigenvalue weighted by Gasteiger charge is 2.05. The van der Waals surface area contributed by atoms with Crippen molar-refractivity contribution < 1.29 is 14.3 Å². The Bertz CT molecular complexity index is 1040. The number of hydrogen-bond donors (Lipinski definition) is 1. The van der Waals surface area contributed by atoms with Crippen molar-refractivity contribution in [2.45, 2.75) is 0 Å². The van der Waals surface area contributed by atoms with Gasteiger partial charge in [-0.15, -0.1) is 0 Å². The third-order valence-corrected chi connectivity index (χ3v) is 3.95. The highest BCUT2D eigenvalue weighted by molar-refractivity contribution is 7.80. The smallest absolute Gasteiger partial charge is 0.362 e. The van der Waals surface area contributed by atoms with Gasteiger partial charge in [-0.1, -0.05) is 0 Å². The highest BCUT2D eigenvalue weighted by Crippen LogP contribution is 2.21. The zero-order valence-electron chi connectivity index (χ0n) is 14.2. The molecule has 6 nitrogen and oxygen atoms in total. The SMILES string of the molecule is CN(C)C(=S)Oc1ccc(C=Nc2cc3ccc(O)cc3oc2=O)cc1. The van der Waals surface area contributed by atoms with Crippen LogP contribution in [0.3, 0.4) is 0 Å². The van der Waals surface area contributed by atoms with Gasteiger partial charge in [0.05, 0.1) is 0 Å². The molecule has 0 fully saturated rings. The maximum Gasteiger partial charge on any atom is 0.362 e. The van der Waals surface area contributed by atoms with Crippen molar-refractivity contribution in [1.29, 1.82) is 0 Å². The average molecular weight is 368 g/mol. The standard InChI is InChI=1S/C19H16N2O4S/c1-21(2)19(26)24-15-7-3-12(4-8-15)11-20-16-9-13-5-6-14(22)10-17(13)25-18(16)23/h3-11,22H,1-2H3. The molecule has 3 rings (SSSR count). The van der Waals surface area contributed by atoms with Crippen LogP contribution in [0.1, 0.15) is 5.56 Å². The van der Waals surface area contributed by atoms with Crippen LogP contribution in [0.5, 0.6) is 11.5 Å². The van der Waals surface area contributed by atoms with E-state index in [9.17, 15) is 9.90 Å². The lowest BCUT2D eigenvalue weighted by molar-refractivity contribution is 0.449. The molecule has 0 radical (unpaired) electrons. The summed E-state index contributed by atoms with van der Waals surface area (Å²) in [5.74, 6) is 0.652. The number of nitrogens with zero attached hydrogens (tertiary/aromatic N) is 2. The van der Waals surface area contributed by atoms with Crippen molar-refractivity contribution in [2.24, 2.45) is 4.99 Å². The van der Waals surface area contributed by atoms with Gasteiger partial charge in [0.1, 0.15) is 22.8 Å². The number of fused-ring (bicyclic) bond motifs is 1. The summed E-state index contributed by atoms with van der Waals surface area (Å²) in [6.45, 7) is 0. The summed E-state index contributed by atoms with van der Waals surface area (Å²) in [6.07, 6.45) is 1.56. The summed E-state index contributed by atoms with van der Waals surface area (Å²) >= 11 is 5.09. The number of ether oxygens (including phenoxy) is 1. The second-order valence-electron chi connectivity index (χ2n) is 5.73. The predicted molar refractivity (Wildman–Crippen MR) is 105 cm³/mol. The predicted octanol–water partition coefficient (Wildman–Crippen LogP) is 3.47. The molecule has 1 N–H and O–H groups in total. The Kier molecular flexibility index (Phi) is 4.99. The van der Waals surface area contributed by atoms with E-state index in [4.69, 9.17) is 21.4 Å². The van der Waals surface area contributed by atoms with E-state index in [2.05, 4.69) is 4.99 Å². The van der Waals surface area contributed by atoms with Crippen molar-refractivity contribution in [2.75, 3.05) is 14.1 Å². The second kappa shape index (κ2) is 7.37. The van der Waals surface area contributed by atoms with E-state index in [1.54, 1.807) is 61.6 Å². The Labute approximate surface area is 155 Å². The molecule has 2 aromatic carbocycles.